The summed E-state index contributed by atoms with van der Waals surface area (Å²) in [6.45, 7) is 0. The van der Waals surface area contributed by atoms with Crippen LogP contribution in [0.2, 0.25) is 0 Å². The highest BCUT2D eigenvalue weighted by Gasteiger charge is 2.21. The average Bonchev–Trinajstić information content (AvgIpc) is 2.93. The molecule has 0 aromatic heterocycles. The molecular weight excluding hydrogens is 162 g/mol. The van der Waals surface area contributed by atoms with E-state index in [1.165, 1.54) is 12.8 Å². The molecule has 1 aromatic rings. The van der Waals surface area contributed by atoms with E-state index in [2.05, 4.69) is 11.4 Å². The van der Waals surface area contributed by atoms with Gasteiger partial charge in [-0.15, -0.1) is 0 Å². The Kier molecular flexibility index (Phi) is 1.82. The third kappa shape index (κ3) is 1.73. The first-order chi connectivity index (χ1) is 6.29. The van der Waals surface area contributed by atoms with Gasteiger partial charge in [-0.05, 0) is 31.0 Å². The molecule has 0 spiro atoms. The molecule has 3 N–H and O–H groups in total. The SMILES string of the molecule is N#Cc1ccc(N)c(NC2CC2)c1. The van der Waals surface area contributed by atoms with Crippen molar-refractivity contribution in [1.82, 2.24) is 0 Å². The van der Waals surface area contributed by atoms with Gasteiger partial charge in [0.15, 0.2) is 0 Å². The number of nitrogens with one attached hydrogen (secondary N) is 1. The second-order valence-corrected chi connectivity index (χ2v) is 3.33. The van der Waals surface area contributed by atoms with Crippen molar-refractivity contribution in [3.05, 3.63) is 23.8 Å². The van der Waals surface area contributed by atoms with Crippen molar-refractivity contribution in [2.75, 3.05) is 11.1 Å². The van der Waals surface area contributed by atoms with Crippen molar-refractivity contribution in [2.45, 2.75) is 18.9 Å². The Morgan fingerprint density at radius 1 is 1.46 bits per heavy atom. The zero-order valence-electron chi connectivity index (χ0n) is 7.25. The highest BCUT2D eigenvalue weighted by atomic mass is 15.0. The van der Waals surface area contributed by atoms with Crippen LogP contribution < -0.4 is 11.1 Å². The number of anilines is 2. The van der Waals surface area contributed by atoms with E-state index in [-0.39, 0.29) is 0 Å². The standard InChI is InChI=1S/C10H11N3/c11-6-7-1-4-9(12)10(5-7)13-8-2-3-8/h1,4-5,8,13H,2-3,12H2. The Morgan fingerprint density at radius 3 is 2.85 bits per heavy atom. The van der Waals surface area contributed by atoms with Crippen LogP contribution in [0.5, 0.6) is 0 Å². The van der Waals surface area contributed by atoms with Crippen LogP contribution in [0.4, 0.5) is 11.4 Å². The van der Waals surface area contributed by atoms with Gasteiger partial charge >= 0.3 is 0 Å². The molecule has 3 nitrogen and oxygen atoms in total. The van der Waals surface area contributed by atoms with E-state index in [0.29, 0.717) is 17.3 Å². The number of nitrogens with zero attached hydrogens (tertiary/aromatic N) is 1. The van der Waals surface area contributed by atoms with Gasteiger partial charge in [-0.1, -0.05) is 0 Å². The minimum Gasteiger partial charge on any atom is -0.397 e. The van der Waals surface area contributed by atoms with Crippen LogP contribution in [0.3, 0.4) is 0 Å². The fourth-order valence-corrected chi connectivity index (χ4v) is 1.20. The van der Waals surface area contributed by atoms with E-state index >= 15 is 0 Å². The third-order valence-corrected chi connectivity index (χ3v) is 2.12. The smallest absolute Gasteiger partial charge is 0.0992 e. The number of nitrogens with two attached hydrogens (primary N) is 1. The lowest BCUT2D eigenvalue weighted by molar-refractivity contribution is 1.16. The summed E-state index contributed by atoms with van der Waals surface area (Å²) in [5.41, 5.74) is 8.00. The van der Waals surface area contributed by atoms with E-state index < -0.39 is 0 Å². The van der Waals surface area contributed by atoms with E-state index in [4.69, 9.17) is 11.0 Å². The summed E-state index contributed by atoms with van der Waals surface area (Å²) >= 11 is 0. The van der Waals surface area contributed by atoms with E-state index in [0.717, 1.165) is 5.69 Å². The average molecular weight is 173 g/mol. The van der Waals surface area contributed by atoms with Crippen molar-refractivity contribution in [1.29, 1.82) is 5.26 Å². The Hall–Kier alpha value is -1.69. The molecule has 0 bridgehead atoms. The summed E-state index contributed by atoms with van der Waals surface area (Å²) < 4.78 is 0. The lowest BCUT2D eigenvalue weighted by Crippen LogP contribution is -2.04. The van der Waals surface area contributed by atoms with Gasteiger partial charge in [0.2, 0.25) is 0 Å². The predicted molar refractivity (Wildman–Crippen MR) is 52.2 cm³/mol. The van der Waals surface area contributed by atoms with Gasteiger partial charge < -0.3 is 11.1 Å². The number of rotatable bonds is 2. The first kappa shape index (κ1) is 7.93. The predicted octanol–water partition coefficient (Wildman–Crippen LogP) is 1.71. The van der Waals surface area contributed by atoms with Gasteiger partial charge in [-0.3, -0.25) is 0 Å². The van der Waals surface area contributed by atoms with Crippen LogP contribution in [-0.2, 0) is 0 Å². The number of hydrogen-bond acceptors (Lipinski definition) is 3. The van der Waals surface area contributed by atoms with Crippen molar-refractivity contribution in [2.24, 2.45) is 0 Å². The maximum atomic E-state index is 8.68. The Bertz CT molecular complexity index is 361. The van der Waals surface area contributed by atoms with Gasteiger partial charge in [-0.25, -0.2) is 0 Å². The molecule has 0 unspecified atom stereocenters. The molecule has 3 heteroatoms. The summed E-state index contributed by atoms with van der Waals surface area (Å²) in [7, 11) is 0. The third-order valence-electron chi connectivity index (χ3n) is 2.12. The zero-order valence-corrected chi connectivity index (χ0v) is 7.25. The molecule has 1 saturated carbocycles. The van der Waals surface area contributed by atoms with Gasteiger partial charge in [0.05, 0.1) is 23.0 Å². The normalized spacial score (nSPS) is 15.0. The van der Waals surface area contributed by atoms with Gasteiger partial charge in [0, 0.05) is 6.04 Å². The molecule has 1 aliphatic rings. The largest absolute Gasteiger partial charge is 0.397 e. The second kappa shape index (κ2) is 2.98. The minimum atomic E-state index is 0.566. The molecule has 13 heavy (non-hydrogen) atoms. The van der Waals surface area contributed by atoms with Crippen molar-refractivity contribution in [3.8, 4) is 6.07 Å². The number of nitrogen functional groups attached to an aromatic ring is 1. The van der Waals surface area contributed by atoms with Gasteiger partial charge in [-0.2, -0.15) is 5.26 Å². The fourth-order valence-electron chi connectivity index (χ4n) is 1.20. The number of benzene rings is 1. The number of nitriles is 1. The van der Waals surface area contributed by atoms with Crippen LogP contribution in [0.15, 0.2) is 18.2 Å². The molecule has 0 saturated heterocycles. The molecule has 0 radical (unpaired) electrons. The Morgan fingerprint density at radius 2 is 2.23 bits per heavy atom. The van der Waals surface area contributed by atoms with Gasteiger partial charge in [0.1, 0.15) is 0 Å². The first-order valence-corrected chi connectivity index (χ1v) is 4.36. The van der Waals surface area contributed by atoms with Crippen LogP contribution in [-0.4, -0.2) is 6.04 Å². The highest BCUT2D eigenvalue weighted by molar-refractivity contribution is 5.68. The summed E-state index contributed by atoms with van der Waals surface area (Å²) in [6.07, 6.45) is 2.41. The summed E-state index contributed by atoms with van der Waals surface area (Å²) in [5.74, 6) is 0. The van der Waals surface area contributed by atoms with E-state index in [1.807, 2.05) is 0 Å². The fraction of sp³-hybridized carbons (Fsp3) is 0.300. The molecule has 1 aliphatic carbocycles. The first-order valence-electron chi connectivity index (χ1n) is 4.36. The summed E-state index contributed by atoms with van der Waals surface area (Å²) in [5, 5.41) is 12.0. The molecule has 1 aromatic carbocycles. The maximum absolute atomic E-state index is 8.68. The molecule has 2 rings (SSSR count). The summed E-state index contributed by atoms with van der Waals surface area (Å²) in [6, 6.07) is 7.95. The van der Waals surface area contributed by atoms with Crippen molar-refractivity contribution in [3.63, 3.8) is 0 Å². The maximum Gasteiger partial charge on any atom is 0.0992 e. The highest BCUT2D eigenvalue weighted by Crippen LogP contribution is 2.28. The van der Waals surface area contributed by atoms with Crippen LogP contribution >= 0.6 is 0 Å². The minimum absolute atomic E-state index is 0.566. The summed E-state index contributed by atoms with van der Waals surface area (Å²) in [4.78, 5) is 0. The quantitative estimate of drug-likeness (QED) is 0.669. The Labute approximate surface area is 77.2 Å². The Balaban J connectivity index is 2.25. The van der Waals surface area contributed by atoms with Crippen LogP contribution in [0.1, 0.15) is 18.4 Å². The van der Waals surface area contributed by atoms with Gasteiger partial charge in [0.25, 0.3) is 0 Å². The van der Waals surface area contributed by atoms with Crippen LogP contribution in [0, 0.1) is 11.3 Å². The zero-order chi connectivity index (χ0) is 9.26. The second-order valence-electron chi connectivity index (χ2n) is 3.33. The molecule has 0 atom stereocenters. The number of hydrogen-bond donors (Lipinski definition) is 2. The van der Waals surface area contributed by atoms with Crippen molar-refractivity contribution >= 4 is 11.4 Å². The van der Waals surface area contributed by atoms with E-state index in [1.54, 1.807) is 18.2 Å². The molecule has 0 amide bonds. The van der Waals surface area contributed by atoms with E-state index in [9.17, 15) is 0 Å². The van der Waals surface area contributed by atoms with Crippen molar-refractivity contribution < 1.29 is 0 Å². The molecular formula is C10H11N3. The van der Waals surface area contributed by atoms with Crippen LogP contribution in [0.25, 0.3) is 0 Å². The molecule has 1 fully saturated rings. The lowest BCUT2D eigenvalue weighted by atomic mass is 10.2. The monoisotopic (exact) mass is 173 g/mol. The topological polar surface area (TPSA) is 61.8 Å². The lowest BCUT2D eigenvalue weighted by Gasteiger charge is -2.07. The molecule has 0 aliphatic heterocycles. The molecule has 66 valence electrons. The molecule has 0 heterocycles.